The van der Waals surface area contributed by atoms with Gasteiger partial charge in [-0.1, -0.05) is 46.2 Å². The third-order valence-corrected chi connectivity index (χ3v) is 5.68. The molecule has 1 aliphatic rings. The maximum Gasteiger partial charge on any atom is 0.295 e. The molecule has 1 N–H and O–H groups in total. The first-order chi connectivity index (χ1) is 14.1. The minimum Gasteiger partial charge on any atom is -0.507 e. The van der Waals surface area contributed by atoms with Crippen LogP contribution in [0.3, 0.4) is 0 Å². The van der Waals surface area contributed by atoms with Gasteiger partial charge in [0.15, 0.2) is 0 Å². The van der Waals surface area contributed by atoms with E-state index in [4.69, 9.17) is 4.42 Å². The highest BCUT2D eigenvalue weighted by Crippen LogP contribution is 2.41. The van der Waals surface area contributed by atoms with Gasteiger partial charge >= 0.3 is 0 Å². The van der Waals surface area contributed by atoms with Gasteiger partial charge in [-0.2, -0.15) is 0 Å². The van der Waals surface area contributed by atoms with Crippen LogP contribution in [-0.2, 0) is 15.0 Å². The molecule has 3 rings (SSSR count). The molecule has 1 aromatic carbocycles. The van der Waals surface area contributed by atoms with Gasteiger partial charge in [-0.15, -0.1) is 0 Å². The summed E-state index contributed by atoms with van der Waals surface area (Å²) in [6.45, 7) is 12.5. The molecule has 1 unspecified atom stereocenters. The summed E-state index contributed by atoms with van der Waals surface area (Å²) in [6.07, 6.45) is 1.65. The molecular formula is C25H31NO4. The number of aliphatic hydroxyl groups is 1. The Morgan fingerprint density at radius 1 is 1.13 bits per heavy atom. The van der Waals surface area contributed by atoms with Crippen LogP contribution >= 0.6 is 0 Å². The first-order valence-electron chi connectivity index (χ1n) is 10.5. The molecule has 1 atom stereocenters. The van der Waals surface area contributed by atoms with Crippen LogP contribution < -0.4 is 0 Å². The number of aliphatic hydroxyl groups excluding tert-OH is 1. The predicted octanol–water partition coefficient (Wildman–Crippen LogP) is 5.42. The first kappa shape index (κ1) is 21.9. The summed E-state index contributed by atoms with van der Waals surface area (Å²) in [4.78, 5) is 27.4. The molecule has 0 bridgehead atoms. The van der Waals surface area contributed by atoms with Crippen molar-refractivity contribution in [2.24, 2.45) is 0 Å². The second-order valence-electron chi connectivity index (χ2n) is 9.07. The van der Waals surface area contributed by atoms with Gasteiger partial charge in [0.2, 0.25) is 0 Å². The fourth-order valence-electron chi connectivity index (χ4n) is 3.82. The maximum atomic E-state index is 13.0. The quantitative estimate of drug-likeness (QED) is 0.407. The highest BCUT2D eigenvalue weighted by atomic mass is 16.3. The van der Waals surface area contributed by atoms with E-state index in [0.29, 0.717) is 23.6 Å². The Morgan fingerprint density at radius 2 is 1.83 bits per heavy atom. The minimum atomic E-state index is -0.719. The molecule has 1 saturated heterocycles. The van der Waals surface area contributed by atoms with E-state index in [2.05, 4.69) is 20.8 Å². The van der Waals surface area contributed by atoms with Crippen LogP contribution in [0, 0.1) is 13.8 Å². The second-order valence-corrected chi connectivity index (χ2v) is 9.07. The van der Waals surface area contributed by atoms with Gasteiger partial charge < -0.3 is 14.4 Å². The first-order valence-corrected chi connectivity index (χ1v) is 10.5. The topological polar surface area (TPSA) is 70.8 Å². The van der Waals surface area contributed by atoms with Crippen molar-refractivity contribution in [1.82, 2.24) is 4.90 Å². The van der Waals surface area contributed by atoms with Crippen molar-refractivity contribution < 1.29 is 19.1 Å². The lowest BCUT2D eigenvalue weighted by Gasteiger charge is -2.24. The van der Waals surface area contributed by atoms with E-state index in [1.807, 2.05) is 39.0 Å². The highest BCUT2D eigenvalue weighted by Gasteiger charge is 2.47. The van der Waals surface area contributed by atoms with E-state index >= 15 is 0 Å². The summed E-state index contributed by atoms with van der Waals surface area (Å²) in [7, 11) is 0. The van der Waals surface area contributed by atoms with Crippen molar-refractivity contribution >= 4 is 17.4 Å². The highest BCUT2D eigenvalue weighted by molar-refractivity contribution is 6.46. The number of carbonyl (C=O) groups excluding carboxylic acids is 2. The Bertz CT molecular complexity index is 1010. The number of Topliss-reactive ketones (excluding diaryl/α,β-unsaturated/α-hetero) is 1. The summed E-state index contributed by atoms with van der Waals surface area (Å²) in [5.41, 5.74) is 2.44. The zero-order chi connectivity index (χ0) is 22.2. The molecule has 30 heavy (non-hydrogen) atoms. The maximum absolute atomic E-state index is 13.0. The van der Waals surface area contributed by atoms with Gasteiger partial charge in [-0.25, -0.2) is 0 Å². The zero-order valence-corrected chi connectivity index (χ0v) is 18.7. The van der Waals surface area contributed by atoms with Gasteiger partial charge in [0.25, 0.3) is 11.7 Å². The average Bonchev–Trinajstić information content (AvgIpc) is 3.21. The molecule has 2 heterocycles. The van der Waals surface area contributed by atoms with Crippen molar-refractivity contribution in [3.05, 3.63) is 64.1 Å². The molecule has 2 aromatic rings. The smallest absolute Gasteiger partial charge is 0.295 e. The summed E-state index contributed by atoms with van der Waals surface area (Å²) in [5.74, 6) is -0.210. The number of hydrogen-bond donors (Lipinski definition) is 1. The monoisotopic (exact) mass is 409 g/mol. The van der Waals surface area contributed by atoms with Crippen molar-refractivity contribution in [2.45, 2.75) is 65.8 Å². The van der Waals surface area contributed by atoms with E-state index in [0.717, 1.165) is 24.0 Å². The van der Waals surface area contributed by atoms with Crippen LogP contribution in [0.5, 0.6) is 0 Å². The standard InChI is InChI=1S/C25H31NO4/c1-7-8-13-26-21(19-12-10-16(3)30-19)20(23(28)24(26)29)22(27)18-14-17(25(4,5)6)11-9-15(18)2/h9-12,14,21,27H,7-8,13H2,1-6H3/b22-20+. The lowest BCUT2D eigenvalue weighted by atomic mass is 9.84. The molecule has 5 heteroatoms. The summed E-state index contributed by atoms with van der Waals surface area (Å²) < 4.78 is 5.81. The second kappa shape index (κ2) is 8.13. The van der Waals surface area contributed by atoms with E-state index in [9.17, 15) is 14.7 Å². The SMILES string of the molecule is CCCCN1C(=O)C(=O)/C(=C(/O)c2cc(C(C)(C)C)ccc2C)C1c1ccc(C)o1. The number of aryl methyl sites for hydroxylation is 2. The molecule has 0 aliphatic carbocycles. The molecule has 0 radical (unpaired) electrons. The predicted molar refractivity (Wildman–Crippen MR) is 117 cm³/mol. The Hall–Kier alpha value is -2.82. The average molecular weight is 410 g/mol. The third kappa shape index (κ3) is 3.93. The van der Waals surface area contributed by atoms with Crippen LogP contribution in [0.4, 0.5) is 0 Å². The van der Waals surface area contributed by atoms with Crippen LogP contribution in [0.1, 0.15) is 74.8 Å². The normalized spacial score (nSPS) is 19.0. The van der Waals surface area contributed by atoms with E-state index in [1.165, 1.54) is 4.90 Å². The largest absolute Gasteiger partial charge is 0.507 e. The number of likely N-dealkylation sites (tertiary alicyclic amines) is 1. The molecule has 0 saturated carbocycles. The Labute approximate surface area is 178 Å². The molecule has 1 fully saturated rings. The molecular weight excluding hydrogens is 378 g/mol. The molecule has 5 nitrogen and oxygen atoms in total. The van der Waals surface area contributed by atoms with Gasteiger partial charge in [0.05, 0.1) is 5.57 Å². The Morgan fingerprint density at radius 3 is 2.40 bits per heavy atom. The zero-order valence-electron chi connectivity index (χ0n) is 18.7. The number of carbonyl (C=O) groups is 2. The number of nitrogens with zero attached hydrogens (tertiary/aromatic N) is 1. The number of benzene rings is 1. The van der Waals surface area contributed by atoms with Crippen molar-refractivity contribution in [1.29, 1.82) is 0 Å². The molecule has 160 valence electrons. The van der Waals surface area contributed by atoms with E-state index < -0.39 is 17.7 Å². The van der Waals surface area contributed by atoms with Gasteiger partial charge in [-0.05, 0) is 55.0 Å². The van der Waals surface area contributed by atoms with Gasteiger partial charge in [-0.3, -0.25) is 9.59 Å². The summed E-state index contributed by atoms with van der Waals surface area (Å²) in [5, 5.41) is 11.3. The number of furan rings is 1. The number of hydrogen-bond acceptors (Lipinski definition) is 4. The third-order valence-electron chi connectivity index (χ3n) is 5.68. The van der Waals surface area contributed by atoms with E-state index in [1.54, 1.807) is 12.1 Å². The molecule has 1 aliphatic heterocycles. The van der Waals surface area contributed by atoms with Crippen molar-refractivity contribution in [2.75, 3.05) is 6.54 Å². The van der Waals surface area contributed by atoms with Crippen LogP contribution in [-0.4, -0.2) is 28.2 Å². The van der Waals surface area contributed by atoms with Gasteiger partial charge in [0, 0.05) is 12.1 Å². The van der Waals surface area contributed by atoms with E-state index in [-0.39, 0.29) is 16.7 Å². The number of unbranched alkanes of at least 4 members (excludes halogenated alkanes) is 1. The van der Waals surface area contributed by atoms with Crippen LogP contribution in [0.2, 0.25) is 0 Å². The van der Waals surface area contributed by atoms with Crippen LogP contribution in [0.25, 0.3) is 5.76 Å². The fraction of sp³-hybridized carbons (Fsp3) is 0.440. The number of amides is 1. The van der Waals surface area contributed by atoms with Gasteiger partial charge in [0.1, 0.15) is 23.3 Å². The number of rotatable bonds is 5. The number of ketones is 1. The minimum absolute atomic E-state index is 0.0969. The van der Waals surface area contributed by atoms with Crippen molar-refractivity contribution in [3.8, 4) is 0 Å². The Kier molecular flexibility index (Phi) is 5.93. The molecule has 0 spiro atoms. The summed E-state index contributed by atoms with van der Waals surface area (Å²) >= 11 is 0. The Balaban J connectivity index is 2.21. The van der Waals surface area contributed by atoms with Crippen LogP contribution in [0.15, 0.2) is 40.3 Å². The molecule has 1 aromatic heterocycles. The molecule has 1 amide bonds. The summed E-state index contributed by atoms with van der Waals surface area (Å²) in [6, 6.07) is 8.74. The lowest BCUT2D eigenvalue weighted by molar-refractivity contribution is -0.140. The fourth-order valence-corrected chi connectivity index (χ4v) is 3.82. The van der Waals surface area contributed by atoms with Crippen molar-refractivity contribution in [3.63, 3.8) is 0 Å². The lowest BCUT2D eigenvalue weighted by Crippen LogP contribution is -2.30.